The molecule has 3 heteroatoms. The second kappa shape index (κ2) is 7.09. The molecule has 1 atom stereocenters. The standard InChI is InChI=1S/C17H28N2O/c1-3-18-17(2,14-20)11-6-7-12-19-13-10-15-8-4-5-9-16(15)19/h4-5,8-9,18,20H,3,6-7,10-14H2,1-2H3. The van der Waals surface area contributed by atoms with E-state index in [0.717, 1.165) is 32.5 Å². The molecule has 20 heavy (non-hydrogen) atoms. The minimum atomic E-state index is -0.113. The third-order valence-electron chi connectivity index (χ3n) is 4.34. The van der Waals surface area contributed by atoms with Crippen LogP contribution in [0.4, 0.5) is 5.69 Å². The van der Waals surface area contributed by atoms with Crippen LogP contribution in [-0.2, 0) is 6.42 Å². The Morgan fingerprint density at radius 1 is 1.30 bits per heavy atom. The fourth-order valence-corrected chi connectivity index (χ4v) is 3.11. The number of aliphatic hydroxyl groups is 1. The van der Waals surface area contributed by atoms with Crippen LogP contribution in [0, 0.1) is 0 Å². The molecule has 1 aromatic carbocycles. The van der Waals surface area contributed by atoms with Gasteiger partial charge in [0.05, 0.1) is 6.61 Å². The van der Waals surface area contributed by atoms with Crippen molar-refractivity contribution in [1.29, 1.82) is 0 Å². The van der Waals surface area contributed by atoms with Gasteiger partial charge in [0, 0.05) is 24.3 Å². The Labute approximate surface area is 123 Å². The first-order chi connectivity index (χ1) is 9.68. The molecule has 1 aliphatic heterocycles. The van der Waals surface area contributed by atoms with Gasteiger partial charge in [-0.3, -0.25) is 0 Å². The van der Waals surface area contributed by atoms with Gasteiger partial charge in [-0.05, 0) is 50.8 Å². The van der Waals surface area contributed by atoms with Gasteiger partial charge in [-0.1, -0.05) is 25.1 Å². The number of anilines is 1. The zero-order chi connectivity index (χ0) is 14.4. The van der Waals surface area contributed by atoms with Gasteiger partial charge in [0.15, 0.2) is 0 Å². The lowest BCUT2D eigenvalue weighted by molar-refractivity contribution is 0.165. The number of likely N-dealkylation sites (N-methyl/N-ethyl adjacent to an activating group) is 1. The fourth-order valence-electron chi connectivity index (χ4n) is 3.11. The number of hydrogen-bond donors (Lipinski definition) is 2. The molecule has 0 aliphatic carbocycles. The Kier molecular flexibility index (Phi) is 5.44. The lowest BCUT2D eigenvalue weighted by Crippen LogP contribution is -2.45. The number of benzene rings is 1. The van der Waals surface area contributed by atoms with Crippen molar-refractivity contribution in [1.82, 2.24) is 5.32 Å². The van der Waals surface area contributed by atoms with Crippen LogP contribution in [0.3, 0.4) is 0 Å². The number of aliphatic hydroxyl groups excluding tert-OH is 1. The molecule has 0 saturated carbocycles. The number of para-hydroxylation sites is 1. The Bertz CT molecular complexity index is 421. The Hall–Kier alpha value is -1.06. The fraction of sp³-hybridized carbons (Fsp3) is 0.647. The van der Waals surface area contributed by atoms with Crippen molar-refractivity contribution in [3.8, 4) is 0 Å². The first kappa shape index (κ1) is 15.3. The van der Waals surface area contributed by atoms with E-state index in [-0.39, 0.29) is 12.1 Å². The summed E-state index contributed by atoms with van der Waals surface area (Å²) in [5.74, 6) is 0. The Balaban J connectivity index is 1.75. The average molecular weight is 276 g/mol. The van der Waals surface area contributed by atoms with E-state index >= 15 is 0 Å². The summed E-state index contributed by atoms with van der Waals surface area (Å²) in [6.07, 6.45) is 4.56. The van der Waals surface area contributed by atoms with Gasteiger partial charge in [-0.15, -0.1) is 0 Å². The molecule has 0 amide bonds. The molecule has 3 nitrogen and oxygen atoms in total. The molecule has 1 heterocycles. The molecular formula is C17H28N2O. The van der Waals surface area contributed by atoms with E-state index in [1.54, 1.807) is 0 Å². The van der Waals surface area contributed by atoms with Gasteiger partial charge in [0.2, 0.25) is 0 Å². The maximum Gasteiger partial charge on any atom is 0.0610 e. The van der Waals surface area contributed by atoms with Crippen LogP contribution in [-0.4, -0.2) is 36.9 Å². The molecule has 112 valence electrons. The highest BCUT2D eigenvalue weighted by Crippen LogP contribution is 2.27. The first-order valence-corrected chi connectivity index (χ1v) is 7.87. The van der Waals surface area contributed by atoms with Crippen molar-refractivity contribution in [2.45, 2.75) is 45.1 Å². The van der Waals surface area contributed by atoms with E-state index in [1.165, 1.54) is 24.1 Å². The van der Waals surface area contributed by atoms with Gasteiger partial charge in [0.1, 0.15) is 0 Å². The Morgan fingerprint density at radius 3 is 2.85 bits per heavy atom. The van der Waals surface area contributed by atoms with Crippen molar-refractivity contribution >= 4 is 5.69 Å². The molecule has 1 unspecified atom stereocenters. The normalized spacial score (nSPS) is 17.1. The van der Waals surface area contributed by atoms with E-state index < -0.39 is 0 Å². The summed E-state index contributed by atoms with van der Waals surface area (Å²) in [6.45, 7) is 7.62. The smallest absolute Gasteiger partial charge is 0.0610 e. The Morgan fingerprint density at radius 2 is 2.10 bits per heavy atom. The first-order valence-electron chi connectivity index (χ1n) is 7.87. The SMILES string of the molecule is CCNC(C)(CO)CCCCN1CCc2ccccc21. The highest BCUT2D eigenvalue weighted by atomic mass is 16.3. The molecule has 0 spiro atoms. The second-order valence-electron chi connectivity index (χ2n) is 6.07. The van der Waals surface area contributed by atoms with Gasteiger partial charge in [-0.2, -0.15) is 0 Å². The van der Waals surface area contributed by atoms with E-state index in [2.05, 4.69) is 48.3 Å². The molecule has 1 aliphatic rings. The lowest BCUT2D eigenvalue weighted by Gasteiger charge is -2.29. The predicted molar refractivity (Wildman–Crippen MR) is 85.4 cm³/mol. The van der Waals surface area contributed by atoms with Gasteiger partial charge in [0.25, 0.3) is 0 Å². The molecule has 2 N–H and O–H groups in total. The van der Waals surface area contributed by atoms with Crippen LogP contribution < -0.4 is 10.2 Å². The zero-order valence-electron chi connectivity index (χ0n) is 12.9. The molecular weight excluding hydrogens is 248 g/mol. The predicted octanol–water partition coefficient (Wildman–Crippen LogP) is 2.58. The maximum absolute atomic E-state index is 9.48. The number of rotatable bonds is 8. The van der Waals surface area contributed by atoms with Crippen LogP contribution >= 0.6 is 0 Å². The molecule has 2 rings (SSSR count). The summed E-state index contributed by atoms with van der Waals surface area (Å²) in [6, 6.07) is 8.73. The summed E-state index contributed by atoms with van der Waals surface area (Å²) in [5, 5.41) is 12.9. The van der Waals surface area contributed by atoms with Crippen LogP contribution in [0.1, 0.15) is 38.7 Å². The summed E-state index contributed by atoms with van der Waals surface area (Å²) in [4.78, 5) is 2.50. The molecule has 0 bridgehead atoms. The van der Waals surface area contributed by atoms with Crippen molar-refractivity contribution in [3.63, 3.8) is 0 Å². The number of unbranched alkanes of at least 4 members (excludes halogenated alkanes) is 1. The number of fused-ring (bicyclic) bond motifs is 1. The van der Waals surface area contributed by atoms with E-state index in [1.807, 2.05) is 0 Å². The van der Waals surface area contributed by atoms with Gasteiger partial charge < -0.3 is 15.3 Å². The van der Waals surface area contributed by atoms with Crippen molar-refractivity contribution < 1.29 is 5.11 Å². The number of nitrogens with zero attached hydrogens (tertiary/aromatic N) is 1. The van der Waals surface area contributed by atoms with Crippen molar-refractivity contribution in [2.75, 3.05) is 31.1 Å². The largest absolute Gasteiger partial charge is 0.394 e. The van der Waals surface area contributed by atoms with E-state index in [9.17, 15) is 5.11 Å². The van der Waals surface area contributed by atoms with Crippen molar-refractivity contribution in [3.05, 3.63) is 29.8 Å². The minimum absolute atomic E-state index is 0.113. The summed E-state index contributed by atoms with van der Waals surface area (Å²) >= 11 is 0. The summed E-state index contributed by atoms with van der Waals surface area (Å²) in [7, 11) is 0. The molecule has 0 fully saturated rings. The summed E-state index contributed by atoms with van der Waals surface area (Å²) in [5.41, 5.74) is 2.79. The van der Waals surface area contributed by atoms with Gasteiger partial charge >= 0.3 is 0 Å². The van der Waals surface area contributed by atoms with Gasteiger partial charge in [-0.25, -0.2) is 0 Å². The monoisotopic (exact) mass is 276 g/mol. The van der Waals surface area contributed by atoms with Crippen LogP contribution in [0.25, 0.3) is 0 Å². The average Bonchev–Trinajstić information content (AvgIpc) is 2.87. The molecule has 1 aromatic rings. The topological polar surface area (TPSA) is 35.5 Å². The lowest BCUT2D eigenvalue weighted by atomic mass is 9.95. The number of hydrogen-bond acceptors (Lipinski definition) is 3. The van der Waals surface area contributed by atoms with Crippen LogP contribution in [0.2, 0.25) is 0 Å². The zero-order valence-corrected chi connectivity index (χ0v) is 12.9. The quantitative estimate of drug-likeness (QED) is 0.716. The van der Waals surface area contributed by atoms with E-state index in [4.69, 9.17) is 0 Å². The molecule has 0 saturated heterocycles. The number of nitrogens with one attached hydrogen (secondary N) is 1. The van der Waals surface area contributed by atoms with Crippen LogP contribution in [0.5, 0.6) is 0 Å². The second-order valence-corrected chi connectivity index (χ2v) is 6.07. The third kappa shape index (κ3) is 3.74. The van der Waals surface area contributed by atoms with Crippen molar-refractivity contribution in [2.24, 2.45) is 0 Å². The van der Waals surface area contributed by atoms with E-state index in [0.29, 0.717) is 0 Å². The minimum Gasteiger partial charge on any atom is -0.394 e. The summed E-state index contributed by atoms with van der Waals surface area (Å²) < 4.78 is 0. The molecule has 0 radical (unpaired) electrons. The third-order valence-corrected chi connectivity index (χ3v) is 4.34. The van der Waals surface area contributed by atoms with Crippen LogP contribution in [0.15, 0.2) is 24.3 Å². The maximum atomic E-state index is 9.48. The highest BCUT2D eigenvalue weighted by Gasteiger charge is 2.22. The highest BCUT2D eigenvalue weighted by molar-refractivity contribution is 5.57. The molecule has 0 aromatic heterocycles.